The van der Waals surface area contributed by atoms with Gasteiger partial charge in [0, 0.05) is 19.7 Å². The molecule has 0 bridgehead atoms. The SMILES string of the molecule is CCN(CC)C(=O)/C(C#N)=C\c1cc(C#N)cc(CCO)c1. The van der Waals surface area contributed by atoms with E-state index in [1.807, 2.05) is 26.0 Å². The third-order valence-electron chi connectivity index (χ3n) is 3.26. The molecule has 0 fully saturated rings. The van der Waals surface area contributed by atoms with Crippen molar-refractivity contribution in [2.75, 3.05) is 19.7 Å². The molecule has 114 valence electrons. The van der Waals surface area contributed by atoms with Crippen LogP contribution in [0.5, 0.6) is 0 Å². The minimum atomic E-state index is -0.321. The standard InChI is InChI=1S/C17H19N3O2/c1-3-20(4-2)17(22)16(12-19)10-14-7-13(5-6-21)8-15(9-14)11-18/h7-10,21H,3-6H2,1-2H3/b16-10-. The maximum atomic E-state index is 12.2. The zero-order valence-corrected chi connectivity index (χ0v) is 12.8. The van der Waals surface area contributed by atoms with E-state index in [2.05, 4.69) is 0 Å². The topological polar surface area (TPSA) is 88.1 Å². The van der Waals surface area contributed by atoms with E-state index in [1.54, 1.807) is 23.1 Å². The molecular weight excluding hydrogens is 278 g/mol. The van der Waals surface area contributed by atoms with E-state index >= 15 is 0 Å². The van der Waals surface area contributed by atoms with E-state index in [9.17, 15) is 10.1 Å². The molecule has 0 saturated heterocycles. The van der Waals surface area contributed by atoms with Crippen molar-refractivity contribution in [3.05, 3.63) is 40.5 Å². The largest absolute Gasteiger partial charge is 0.396 e. The highest BCUT2D eigenvalue weighted by Gasteiger charge is 2.15. The summed E-state index contributed by atoms with van der Waals surface area (Å²) < 4.78 is 0. The van der Waals surface area contributed by atoms with Crippen LogP contribution in [-0.2, 0) is 11.2 Å². The van der Waals surface area contributed by atoms with Gasteiger partial charge in [-0.15, -0.1) is 0 Å². The number of aliphatic hydroxyl groups is 1. The number of aliphatic hydroxyl groups excluding tert-OH is 1. The van der Waals surface area contributed by atoms with Crippen molar-refractivity contribution in [2.45, 2.75) is 20.3 Å². The van der Waals surface area contributed by atoms with E-state index < -0.39 is 0 Å². The van der Waals surface area contributed by atoms with Crippen molar-refractivity contribution in [3.63, 3.8) is 0 Å². The zero-order chi connectivity index (χ0) is 16.5. The number of nitrogens with zero attached hydrogens (tertiary/aromatic N) is 3. The third-order valence-corrected chi connectivity index (χ3v) is 3.26. The summed E-state index contributed by atoms with van der Waals surface area (Å²) in [7, 11) is 0. The Kier molecular flexibility index (Phi) is 6.82. The van der Waals surface area contributed by atoms with Crippen molar-refractivity contribution >= 4 is 12.0 Å². The summed E-state index contributed by atoms with van der Waals surface area (Å²) in [6.45, 7) is 4.74. The van der Waals surface area contributed by atoms with E-state index in [0.29, 0.717) is 30.6 Å². The van der Waals surface area contributed by atoms with Crippen molar-refractivity contribution < 1.29 is 9.90 Å². The van der Waals surface area contributed by atoms with E-state index in [0.717, 1.165) is 5.56 Å². The number of benzene rings is 1. The molecular formula is C17H19N3O2. The van der Waals surface area contributed by atoms with Crippen LogP contribution in [0.4, 0.5) is 0 Å². The van der Waals surface area contributed by atoms with Crippen LogP contribution in [0.2, 0.25) is 0 Å². The van der Waals surface area contributed by atoms with Crippen LogP contribution in [0.15, 0.2) is 23.8 Å². The van der Waals surface area contributed by atoms with Crippen LogP contribution in [0, 0.1) is 22.7 Å². The summed E-state index contributed by atoms with van der Waals surface area (Å²) >= 11 is 0. The lowest BCUT2D eigenvalue weighted by Gasteiger charge is -2.17. The summed E-state index contributed by atoms with van der Waals surface area (Å²) in [5.41, 5.74) is 1.87. The van der Waals surface area contributed by atoms with Gasteiger partial charge >= 0.3 is 0 Å². The Morgan fingerprint density at radius 3 is 2.45 bits per heavy atom. The van der Waals surface area contributed by atoms with Crippen molar-refractivity contribution in [3.8, 4) is 12.1 Å². The first-order valence-electron chi connectivity index (χ1n) is 7.15. The van der Waals surface area contributed by atoms with Gasteiger partial charge in [-0.2, -0.15) is 10.5 Å². The molecule has 0 unspecified atom stereocenters. The van der Waals surface area contributed by atoms with Gasteiger partial charge in [0.2, 0.25) is 0 Å². The van der Waals surface area contributed by atoms with Crippen LogP contribution in [0.1, 0.15) is 30.5 Å². The Bertz CT molecular complexity index is 647. The highest BCUT2D eigenvalue weighted by Crippen LogP contribution is 2.15. The Hall–Kier alpha value is -2.63. The molecule has 0 heterocycles. The molecule has 1 N–H and O–H groups in total. The minimum Gasteiger partial charge on any atom is -0.396 e. The summed E-state index contributed by atoms with van der Waals surface area (Å²) in [5, 5.41) is 27.3. The van der Waals surface area contributed by atoms with Crippen LogP contribution < -0.4 is 0 Å². The molecule has 0 spiro atoms. The highest BCUT2D eigenvalue weighted by atomic mass is 16.3. The van der Waals surface area contributed by atoms with Gasteiger partial charge in [-0.1, -0.05) is 6.07 Å². The summed E-state index contributed by atoms with van der Waals surface area (Å²) in [6, 6.07) is 9.04. The minimum absolute atomic E-state index is 0.0263. The average Bonchev–Trinajstić information content (AvgIpc) is 2.53. The number of carbonyl (C=O) groups is 1. The molecule has 5 heteroatoms. The average molecular weight is 297 g/mol. The van der Waals surface area contributed by atoms with Crippen LogP contribution >= 0.6 is 0 Å². The first-order chi connectivity index (χ1) is 10.6. The Morgan fingerprint density at radius 2 is 1.95 bits per heavy atom. The van der Waals surface area contributed by atoms with Crippen LogP contribution in [-0.4, -0.2) is 35.6 Å². The van der Waals surface area contributed by atoms with Gasteiger partial charge in [0.15, 0.2) is 0 Å². The molecule has 1 amide bonds. The summed E-state index contributed by atoms with van der Waals surface area (Å²) in [6.07, 6.45) is 1.91. The molecule has 0 aliphatic carbocycles. The van der Waals surface area contributed by atoms with Crippen LogP contribution in [0.3, 0.4) is 0 Å². The smallest absolute Gasteiger partial charge is 0.264 e. The van der Waals surface area contributed by atoms with Crippen molar-refractivity contribution in [2.24, 2.45) is 0 Å². The Labute approximate surface area is 130 Å². The Balaban J connectivity index is 3.23. The second-order valence-electron chi connectivity index (χ2n) is 4.70. The predicted octanol–water partition coefficient (Wildman–Crippen LogP) is 1.87. The monoisotopic (exact) mass is 297 g/mol. The lowest BCUT2D eigenvalue weighted by molar-refractivity contribution is -0.126. The van der Waals surface area contributed by atoms with Gasteiger partial charge in [-0.25, -0.2) is 0 Å². The molecule has 1 aromatic carbocycles. The molecule has 1 aromatic rings. The quantitative estimate of drug-likeness (QED) is 0.641. The van der Waals surface area contributed by atoms with Gasteiger partial charge in [-0.3, -0.25) is 4.79 Å². The van der Waals surface area contributed by atoms with E-state index in [-0.39, 0.29) is 18.1 Å². The van der Waals surface area contributed by atoms with Gasteiger partial charge in [0.1, 0.15) is 11.6 Å². The van der Waals surface area contributed by atoms with E-state index in [1.165, 1.54) is 6.08 Å². The lowest BCUT2D eigenvalue weighted by atomic mass is 10.0. The molecule has 0 aliphatic heterocycles. The van der Waals surface area contributed by atoms with Crippen molar-refractivity contribution in [1.82, 2.24) is 4.90 Å². The maximum absolute atomic E-state index is 12.2. The number of carbonyl (C=O) groups excluding carboxylic acids is 1. The van der Waals surface area contributed by atoms with E-state index in [4.69, 9.17) is 10.4 Å². The van der Waals surface area contributed by atoms with Crippen molar-refractivity contribution in [1.29, 1.82) is 10.5 Å². The highest BCUT2D eigenvalue weighted by molar-refractivity contribution is 6.01. The maximum Gasteiger partial charge on any atom is 0.264 e. The molecule has 5 nitrogen and oxygen atoms in total. The van der Waals surface area contributed by atoms with Gasteiger partial charge < -0.3 is 10.0 Å². The first-order valence-corrected chi connectivity index (χ1v) is 7.15. The fourth-order valence-electron chi connectivity index (χ4n) is 2.13. The summed E-state index contributed by atoms with van der Waals surface area (Å²) in [4.78, 5) is 13.8. The number of hydrogen-bond donors (Lipinski definition) is 1. The van der Waals surface area contributed by atoms with Crippen LogP contribution in [0.25, 0.3) is 6.08 Å². The van der Waals surface area contributed by atoms with Gasteiger partial charge in [0.25, 0.3) is 5.91 Å². The third kappa shape index (κ3) is 4.44. The van der Waals surface area contributed by atoms with Gasteiger partial charge in [-0.05, 0) is 49.6 Å². The van der Waals surface area contributed by atoms with Gasteiger partial charge in [0.05, 0.1) is 11.6 Å². The molecule has 0 aliphatic rings. The Morgan fingerprint density at radius 1 is 1.27 bits per heavy atom. The zero-order valence-electron chi connectivity index (χ0n) is 12.8. The fourth-order valence-corrected chi connectivity index (χ4v) is 2.13. The predicted molar refractivity (Wildman–Crippen MR) is 83.5 cm³/mol. The fraction of sp³-hybridized carbons (Fsp3) is 0.353. The molecule has 22 heavy (non-hydrogen) atoms. The second-order valence-corrected chi connectivity index (χ2v) is 4.70. The lowest BCUT2D eigenvalue weighted by Crippen LogP contribution is -2.31. The molecule has 0 radical (unpaired) electrons. The number of rotatable bonds is 6. The number of likely N-dealkylation sites (N-methyl/N-ethyl adjacent to an activating group) is 1. The molecule has 1 rings (SSSR count). The number of nitriles is 2. The number of hydrogen-bond acceptors (Lipinski definition) is 4. The number of amides is 1. The molecule has 0 aromatic heterocycles. The summed E-state index contributed by atoms with van der Waals surface area (Å²) in [5.74, 6) is -0.321. The second kappa shape index (κ2) is 8.61. The molecule has 0 atom stereocenters. The molecule has 0 saturated carbocycles. The first kappa shape index (κ1) is 17.4. The normalized spacial score (nSPS) is 10.7.